The fraction of sp³-hybridized carbons (Fsp3) is 0.455. The first kappa shape index (κ1) is 64.6. The summed E-state index contributed by atoms with van der Waals surface area (Å²) >= 11 is 1.99. The molecule has 6 aromatic rings. The van der Waals surface area contributed by atoms with E-state index in [2.05, 4.69) is 242 Å². The summed E-state index contributed by atoms with van der Waals surface area (Å²) in [6.45, 7) is 70.1. The van der Waals surface area contributed by atoms with Crippen molar-refractivity contribution in [2.75, 3.05) is 0 Å². The van der Waals surface area contributed by atoms with Crippen LogP contribution >= 0.6 is 42.4 Å². The quantitative estimate of drug-likeness (QED) is 0.113. The van der Waals surface area contributed by atoms with Gasteiger partial charge in [-0.1, -0.05) is 0 Å². The zero-order chi connectivity index (χ0) is 57.9. The van der Waals surface area contributed by atoms with E-state index in [0.29, 0.717) is 0 Å². The van der Waals surface area contributed by atoms with Gasteiger partial charge in [-0.05, 0) is 422 Å². The third kappa shape index (κ3) is 11.6. The predicted octanol–water partition coefficient (Wildman–Crippen LogP) is 18.3. The Balaban J connectivity index is 0.000000288. The molecule has 6 rings (SSSR count). The summed E-state index contributed by atoms with van der Waals surface area (Å²) in [6, 6.07) is 0. The molecule has 0 amide bonds. The minimum atomic E-state index is -3.50. The summed E-state index contributed by atoms with van der Waals surface area (Å²) < 4.78 is 4.90. The molecule has 4 nitrogen and oxygen atoms in total. The van der Waals surface area contributed by atoms with E-state index >= 15 is 0 Å². The first-order chi connectivity index (χ1) is 34.4. The summed E-state index contributed by atoms with van der Waals surface area (Å²) in [7, 11) is -1.41. The van der Waals surface area contributed by atoms with Crippen LogP contribution in [0.25, 0.3) is 0 Å². The van der Waals surface area contributed by atoms with Gasteiger partial charge >= 0.3 is 56.3 Å². The van der Waals surface area contributed by atoms with Gasteiger partial charge in [0.05, 0.1) is 0 Å². The van der Waals surface area contributed by atoms with Gasteiger partial charge in [-0.3, -0.25) is 0 Å². The molecule has 6 aromatic carbocycles. The fourth-order valence-electron chi connectivity index (χ4n) is 11.6. The summed E-state index contributed by atoms with van der Waals surface area (Å²) in [6.07, 6.45) is 0. The molecule has 0 saturated heterocycles. The molecule has 0 radical (unpaired) electrons. The van der Waals surface area contributed by atoms with E-state index in [1.54, 1.807) is 31.8 Å². The van der Waals surface area contributed by atoms with Gasteiger partial charge in [-0.25, -0.2) is 0 Å². The second kappa shape index (κ2) is 24.6. The molecule has 0 aliphatic carbocycles. The molecule has 0 atom stereocenters. The number of hydrogen-bond donors (Lipinski definition) is 0. The standard InChI is InChI=1S/2C33H45P.2BrH.2NO.W/c2*1-16-19(4)25(10)31(26(11)20(16)5)34(32-27(12)21(6)17(2)22(7)28(32)13)33-29(14)23(8)18(3)24(9)30(33)15;;;2*1-2;/h2*1-15H3;2*1H;;;/q;;;;2*-1;+4/p-2. The molecule has 0 spiro atoms. The Morgan fingerprint density at radius 2 is 0.280 bits per heavy atom. The Bertz CT molecular complexity index is 2620. The van der Waals surface area contributed by atoms with Crippen molar-refractivity contribution in [2.45, 2.75) is 208 Å². The number of nitroso groups, excluding NO2 is 2. The fourth-order valence-corrected chi connectivity index (χ4v) is 19.1. The van der Waals surface area contributed by atoms with Gasteiger partial charge in [-0.15, -0.1) is 0 Å². The van der Waals surface area contributed by atoms with Crippen molar-refractivity contribution in [1.29, 1.82) is 0 Å². The Morgan fingerprint density at radius 1 is 0.200 bits per heavy atom. The number of nitrogens with zero attached hydrogens (tertiary/aromatic N) is 2. The molecule has 406 valence electrons. The van der Waals surface area contributed by atoms with E-state index in [1.807, 2.05) is 0 Å². The third-order valence-corrected chi connectivity index (χ3v) is 31.2. The number of rotatable bonds is 8. The maximum absolute atomic E-state index is 9.51. The second-order valence-corrected chi connectivity index (χ2v) is 52.1. The SMILES string of the molecule is Cc1c(C)c(C)c(P(c2c(C)c(C)c(C)c(C)c2C)c2c(C)c(C)c(C)c(C)c2C)c(C)c1C.Cc1c(C)c(C)c(P(c2c(C)c(C)c(C)c(C)c2C)c2c(C)c(C)c(C)c(C)c2C)c(C)c1C.O=[N][W]([Br])([Br])[N]=O. The van der Waals surface area contributed by atoms with E-state index in [-0.39, 0.29) is 0 Å². The molecule has 0 saturated carbocycles. The summed E-state index contributed by atoms with van der Waals surface area (Å²) in [5.41, 5.74) is 43.9. The molecular formula is C66H90Br2N2O2P2W. The average molecular weight is 1350 g/mol. The van der Waals surface area contributed by atoms with Crippen molar-refractivity contribution >= 4 is 74.3 Å². The first-order valence-electron chi connectivity index (χ1n) is 26.4. The van der Waals surface area contributed by atoms with Crippen LogP contribution in [0.15, 0.2) is 7.47 Å². The van der Waals surface area contributed by atoms with E-state index in [9.17, 15) is 9.81 Å². The number of hydrogen-bond acceptors (Lipinski definition) is 4. The van der Waals surface area contributed by atoms with Crippen LogP contribution in [-0.4, -0.2) is 0 Å². The van der Waals surface area contributed by atoms with Gasteiger partial charge in [-0.2, -0.15) is 0 Å². The van der Waals surface area contributed by atoms with Crippen LogP contribution in [0.3, 0.4) is 0 Å². The van der Waals surface area contributed by atoms with Crippen LogP contribution in [0, 0.1) is 218 Å². The molecule has 0 aromatic heterocycles. The first-order valence-corrected chi connectivity index (χ1v) is 44.5. The molecule has 0 fully saturated rings. The summed E-state index contributed by atoms with van der Waals surface area (Å²) in [5.74, 6) is 0. The van der Waals surface area contributed by atoms with Crippen molar-refractivity contribution in [2.24, 2.45) is 7.47 Å². The normalized spacial score (nSPS) is 11.8. The van der Waals surface area contributed by atoms with Crippen LogP contribution < -0.4 is 31.8 Å². The van der Waals surface area contributed by atoms with Crippen molar-refractivity contribution in [1.82, 2.24) is 0 Å². The zero-order valence-corrected chi connectivity index (χ0v) is 59.7. The van der Waals surface area contributed by atoms with Gasteiger partial charge < -0.3 is 0 Å². The number of benzene rings is 6. The van der Waals surface area contributed by atoms with Gasteiger partial charge in [0.1, 0.15) is 0 Å². The molecule has 75 heavy (non-hydrogen) atoms. The van der Waals surface area contributed by atoms with Gasteiger partial charge in [0, 0.05) is 0 Å². The van der Waals surface area contributed by atoms with E-state index in [0.717, 1.165) is 0 Å². The molecule has 0 aliphatic rings. The topological polar surface area (TPSA) is 58.9 Å². The summed E-state index contributed by atoms with van der Waals surface area (Å²) in [5, 5.41) is 9.49. The van der Waals surface area contributed by atoms with Crippen molar-refractivity contribution < 1.29 is 12.4 Å². The van der Waals surface area contributed by atoms with Crippen LogP contribution in [0.5, 0.6) is 0 Å². The van der Waals surface area contributed by atoms with Crippen molar-refractivity contribution in [3.05, 3.63) is 177 Å². The predicted molar refractivity (Wildman–Crippen MR) is 342 cm³/mol. The third-order valence-electron chi connectivity index (χ3n) is 19.3. The Hall–Kier alpha value is -2.97. The van der Waals surface area contributed by atoms with Gasteiger partial charge in [0.25, 0.3) is 0 Å². The molecule has 9 heteroatoms. The second-order valence-electron chi connectivity index (χ2n) is 22.1. The maximum atomic E-state index is 9.51. The molecule has 0 bridgehead atoms. The van der Waals surface area contributed by atoms with Gasteiger partial charge in [0.2, 0.25) is 0 Å². The van der Waals surface area contributed by atoms with Crippen LogP contribution in [0.4, 0.5) is 0 Å². The monoisotopic (exact) mass is 1350 g/mol. The summed E-state index contributed by atoms with van der Waals surface area (Å²) in [4.78, 5) is 19.0. The van der Waals surface area contributed by atoms with E-state index in [4.69, 9.17) is 0 Å². The number of halogens is 2. The van der Waals surface area contributed by atoms with Crippen LogP contribution in [-0.2, 0) is 12.4 Å². The van der Waals surface area contributed by atoms with Crippen LogP contribution in [0.1, 0.15) is 167 Å². The van der Waals surface area contributed by atoms with Crippen LogP contribution in [0.2, 0.25) is 0 Å². The molecule has 0 N–H and O–H groups in total. The van der Waals surface area contributed by atoms with Crippen molar-refractivity contribution in [3.8, 4) is 0 Å². The molecule has 0 heterocycles. The molecular weight excluding hydrogens is 1260 g/mol. The minimum absolute atomic E-state index is 0.705. The average Bonchev–Trinajstić information content (AvgIpc) is 3.38. The molecule has 0 aliphatic heterocycles. The Morgan fingerprint density at radius 3 is 0.347 bits per heavy atom. The van der Waals surface area contributed by atoms with Crippen molar-refractivity contribution in [3.63, 3.8) is 0 Å². The zero-order valence-electron chi connectivity index (χ0n) is 51.8. The Labute approximate surface area is 474 Å². The molecule has 0 unspecified atom stereocenters. The van der Waals surface area contributed by atoms with E-state index in [1.165, 1.54) is 167 Å². The Kier molecular flexibility index (Phi) is 21.2. The van der Waals surface area contributed by atoms with Gasteiger partial charge in [0.15, 0.2) is 0 Å². The van der Waals surface area contributed by atoms with E-state index < -0.39 is 28.3 Å².